The molecule has 1 aromatic heterocycles. The molecule has 0 saturated carbocycles. The molecular formula is C22H24N6O3S. The number of amides is 2. The lowest BCUT2D eigenvalue weighted by Gasteiger charge is -2.14. The van der Waals surface area contributed by atoms with E-state index in [1.807, 2.05) is 60.7 Å². The van der Waals surface area contributed by atoms with E-state index in [4.69, 9.17) is 0 Å². The minimum atomic E-state index is -0.451. The summed E-state index contributed by atoms with van der Waals surface area (Å²) in [7, 11) is 0. The van der Waals surface area contributed by atoms with Gasteiger partial charge in [-0.05, 0) is 22.8 Å². The minimum absolute atomic E-state index is 0.0109. The molecule has 0 bridgehead atoms. The first-order valence-electron chi connectivity index (χ1n) is 10.1. The minimum Gasteiger partial charge on any atom is -0.350 e. The van der Waals surface area contributed by atoms with Gasteiger partial charge in [-0.2, -0.15) is 4.80 Å². The molecule has 0 aliphatic rings. The van der Waals surface area contributed by atoms with E-state index in [0.29, 0.717) is 18.7 Å². The normalized spacial score (nSPS) is 11.5. The van der Waals surface area contributed by atoms with Crippen molar-refractivity contribution in [3.63, 3.8) is 0 Å². The van der Waals surface area contributed by atoms with Gasteiger partial charge < -0.3 is 5.32 Å². The number of anilines is 1. The maximum Gasteiger partial charge on any atom is 0.270 e. The molecule has 0 spiro atoms. The Morgan fingerprint density at radius 2 is 1.66 bits per heavy atom. The second kappa shape index (κ2) is 11.8. The average molecular weight is 453 g/mol. The Balaban J connectivity index is 1.54. The lowest BCUT2D eigenvalue weighted by molar-refractivity contribution is -0.122. The number of thioether (sulfide) groups is 1. The summed E-state index contributed by atoms with van der Waals surface area (Å²) in [5.74, 6) is -0.685. The lowest BCUT2D eigenvalue weighted by Crippen LogP contribution is -2.28. The van der Waals surface area contributed by atoms with Gasteiger partial charge in [0.15, 0.2) is 5.12 Å². The second-order valence-corrected chi connectivity index (χ2v) is 8.28. The van der Waals surface area contributed by atoms with Crippen molar-refractivity contribution in [3.8, 4) is 0 Å². The van der Waals surface area contributed by atoms with Crippen molar-refractivity contribution in [1.82, 2.24) is 25.5 Å². The molecule has 32 heavy (non-hydrogen) atoms. The Bertz CT molecular complexity index is 1040. The van der Waals surface area contributed by atoms with E-state index >= 15 is 0 Å². The van der Waals surface area contributed by atoms with Gasteiger partial charge in [-0.3, -0.25) is 19.7 Å². The van der Waals surface area contributed by atoms with Gasteiger partial charge in [0.25, 0.3) is 5.95 Å². The van der Waals surface area contributed by atoms with Crippen molar-refractivity contribution >= 4 is 34.6 Å². The fourth-order valence-electron chi connectivity index (χ4n) is 2.90. The van der Waals surface area contributed by atoms with Crippen molar-refractivity contribution in [3.05, 3.63) is 71.8 Å². The number of aromatic nitrogens is 4. The summed E-state index contributed by atoms with van der Waals surface area (Å²) in [4.78, 5) is 37.4. The summed E-state index contributed by atoms with van der Waals surface area (Å²) in [5.41, 5.74) is 1.97. The molecule has 3 rings (SSSR count). The first kappa shape index (κ1) is 23.1. The summed E-state index contributed by atoms with van der Waals surface area (Å²) in [6.07, 6.45) is 0.475. The van der Waals surface area contributed by atoms with Crippen LogP contribution in [0.25, 0.3) is 0 Å². The molecule has 0 aliphatic heterocycles. The SMILES string of the molecule is CC(=O)SC[C@@H](Cc1ccccc1)C(=O)Nc1nnn(CC(=O)NCc2ccccc2)n1. The van der Waals surface area contributed by atoms with Crippen LogP contribution < -0.4 is 10.6 Å². The van der Waals surface area contributed by atoms with E-state index < -0.39 is 5.92 Å². The van der Waals surface area contributed by atoms with Crippen molar-refractivity contribution < 1.29 is 14.4 Å². The topological polar surface area (TPSA) is 119 Å². The van der Waals surface area contributed by atoms with Gasteiger partial charge in [-0.15, -0.1) is 5.10 Å². The van der Waals surface area contributed by atoms with Crippen LogP contribution in [0.4, 0.5) is 5.95 Å². The molecule has 2 N–H and O–H groups in total. The Hall–Kier alpha value is -3.53. The Morgan fingerprint density at radius 1 is 1.00 bits per heavy atom. The maximum atomic E-state index is 12.8. The molecule has 9 nitrogen and oxygen atoms in total. The fraction of sp³-hybridized carbons (Fsp3) is 0.273. The largest absolute Gasteiger partial charge is 0.350 e. The van der Waals surface area contributed by atoms with Crippen LogP contribution in [0.5, 0.6) is 0 Å². The second-order valence-electron chi connectivity index (χ2n) is 7.08. The maximum absolute atomic E-state index is 12.8. The smallest absolute Gasteiger partial charge is 0.270 e. The molecule has 0 saturated heterocycles. The van der Waals surface area contributed by atoms with E-state index in [9.17, 15) is 14.4 Å². The van der Waals surface area contributed by atoms with Crippen molar-refractivity contribution in [2.75, 3.05) is 11.1 Å². The van der Waals surface area contributed by atoms with Crippen molar-refractivity contribution in [2.45, 2.75) is 26.4 Å². The number of hydrogen-bond acceptors (Lipinski definition) is 7. The lowest BCUT2D eigenvalue weighted by atomic mass is 10.0. The van der Waals surface area contributed by atoms with Crippen molar-refractivity contribution in [1.29, 1.82) is 0 Å². The zero-order valence-electron chi connectivity index (χ0n) is 17.6. The third-order valence-corrected chi connectivity index (χ3v) is 5.46. The highest BCUT2D eigenvalue weighted by atomic mass is 32.2. The highest BCUT2D eigenvalue weighted by Gasteiger charge is 2.22. The van der Waals surface area contributed by atoms with Gasteiger partial charge in [0, 0.05) is 19.2 Å². The Morgan fingerprint density at radius 3 is 2.31 bits per heavy atom. The van der Waals surface area contributed by atoms with Crippen LogP contribution in [-0.4, -0.2) is 42.9 Å². The number of rotatable bonds is 10. The van der Waals surface area contributed by atoms with Crippen LogP contribution >= 0.6 is 11.8 Å². The molecule has 166 valence electrons. The Kier molecular flexibility index (Phi) is 8.50. The summed E-state index contributed by atoms with van der Waals surface area (Å²) in [6, 6.07) is 19.1. The van der Waals surface area contributed by atoms with Crippen LogP contribution in [-0.2, 0) is 33.9 Å². The van der Waals surface area contributed by atoms with Gasteiger partial charge in [-0.25, -0.2) is 0 Å². The van der Waals surface area contributed by atoms with Gasteiger partial charge in [0.1, 0.15) is 6.54 Å². The number of nitrogens with zero attached hydrogens (tertiary/aromatic N) is 4. The number of nitrogens with one attached hydrogen (secondary N) is 2. The van der Waals surface area contributed by atoms with Crippen LogP contribution in [0.2, 0.25) is 0 Å². The van der Waals surface area contributed by atoms with E-state index in [2.05, 4.69) is 26.0 Å². The number of benzene rings is 2. The summed E-state index contributed by atoms with van der Waals surface area (Å²) < 4.78 is 0. The van der Waals surface area contributed by atoms with E-state index in [1.165, 1.54) is 6.92 Å². The fourth-order valence-corrected chi connectivity index (χ4v) is 3.60. The number of tetrazole rings is 1. The first-order valence-corrected chi connectivity index (χ1v) is 11.0. The molecule has 0 unspecified atom stereocenters. The molecule has 0 fully saturated rings. The predicted octanol–water partition coefficient (Wildman–Crippen LogP) is 2.07. The summed E-state index contributed by atoms with van der Waals surface area (Å²) in [5, 5.41) is 17.1. The number of carbonyl (C=O) groups excluding carboxylic acids is 3. The molecule has 1 heterocycles. The third-order valence-electron chi connectivity index (χ3n) is 4.49. The van der Waals surface area contributed by atoms with E-state index in [1.54, 1.807) is 0 Å². The quantitative estimate of drug-likeness (QED) is 0.483. The first-order chi connectivity index (χ1) is 15.5. The molecule has 2 amide bonds. The van der Waals surface area contributed by atoms with Gasteiger partial charge >= 0.3 is 0 Å². The van der Waals surface area contributed by atoms with Crippen LogP contribution in [0, 0.1) is 5.92 Å². The van der Waals surface area contributed by atoms with Crippen molar-refractivity contribution in [2.24, 2.45) is 5.92 Å². The molecule has 0 aliphatic carbocycles. The molecule has 10 heteroatoms. The molecule has 0 radical (unpaired) electrons. The highest BCUT2D eigenvalue weighted by Crippen LogP contribution is 2.17. The zero-order chi connectivity index (χ0) is 22.8. The standard InChI is InChI=1S/C22H24N6O3S/c1-16(29)32-15-19(12-17-8-4-2-5-9-17)21(31)24-22-25-27-28(26-22)14-20(30)23-13-18-10-6-3-7-11-18/h2-11,19H,12-15H2,1H3,(H,23,30)(H,24,26,31)/t19-/m1/s1. The highest BCUT2D eigenvalue weighted by molar-refractivity contribution is 8.13. The van der Waals surface area contributed by atoms with Gasteiger partial charge in [-0.1, -0.05) is 77.5 Å². The van der Waals surface area contributed by atoms with Gasteiger partial charge in [0.05, 0.1) is 5.92 Å². The van der Waals surface area contributed by atoms with E-state index in [0.717, 1.165) is 27.7 Å². The average Bonchev–Trinajstić information content (AvgIpc) is 3.23. The summed E-state index contributed by atoms with van der Waals surface area (Å²) >= 11 is 1.10. The predicted molar refractivity (Wildman–Crippen MR) is 122 cm³/mol. The molecular weight excluding hydrogens is 428 g/mol. The van der Waals surface area contributed by atoms with Crippen LogP contribution in [0.3, 0.4) is 0 Å². The van der Waals surface area contributed by atoms with Gasteiger partial charge in [0.2, 0.25) is 11.8 Å². The summed E-state index contributed by atoms with van der Waals surface area (Å²) in [6.45, 7) is 1.74. The monoisotopic (exact) mass is 452 g/mol. The van der Waals surface area contributed by atoms with Crippen LogP contribution in [0.1, 0.15) is 18.1 Å². The Labute approximate surface area is 190 Å². The number of hydrogen-bond donors (Lipinski definition) is 2. The van der Waals surface area contributed by atoms with Crippen LogP contribution in [0.15, 0.2) is 60.7 Å². The molecule has 3 aromatic rings. The molecule has 2 aromatic carbocycles. The number of carbonyl (C=O) groups is 3. The third kappa shape index (κ3) is 7.62. The van der Waals surface area contributed by atoms with E-state index in [-0.39, 0.29) is 29.4 Å². The zero-order valence-corrected chi connectivity index (χ0v) is 18.4. The molecule has 1 atom stereocenters.